The second-order valence-electron chi connectivity index (χ2n) is 5.36. The van der Waals surface area contributed by atoms with Crippen LogP contribution in [0.1, 0.15) is 35.5 Å². The van der Waals surface area contributed by atoms with Crippen molar-refractivity contribution in [3.63, 3.8) is 0 Å². The number of hydrogen-bond donors (Lipinski definition) is 1. The van der Waals surface area contributed by atoms with E-state index in [0.29, 0.717) is 5.57 Å². The molecule has 1 aromatic heterocycles. The highest BCUT2D eigenvalue weighted by Crippen LogP contribution is 2.34. The normalized spacial score (nSPS) is 18.8. The second-order valence-corrected chi connectivity index (χ2v) is 5.36. The predicted octanol–water partition coefficient (Wildman–Crippen LogP) is 3.65. The number of rotatable bonds is 1. The van der Waals surface area contributed by atoms with Crippen molar-refractivity contribution in [2.24, 2.45) is 0 Å². The highest BCUT2D eigenvalue weighted by atomic mass is 16.3. The molecule has 1 aliphatic carbocycles. The molecule has 4 rings (SSSR count). The van der Waals surface area contributed by atoms with Crippen LogP contribution < -0.4 is 5.32 Å². The molecule has 1 N–H and O–H groups in total. The summed E-state index contributed by atoms with van der Waals surface area (Å²) in [5.41, 5.74) is 3.81. The molecule has 0 fully saturated rings. The van der Waals surface area contributed by atoms with E-state index in [1.807, 2.05) is 30.3 Å². The molecule has 2 aromatic rings. The number of hydrogen-bond acceptors (Lipinski definition) is 2. The van der Waals surface area contributed by atoms with Crippen LogP contribution in [0.5, 0.6) is 0 Å². The Labute approximate surface area is 117 Å². The minimum Gasteiger partial charge on any atom is -0.461 e. The lowest BCUT2D eigenvalue weighted by Crippen LogP contribution is -2.03. The highest BCUT2D eigenvalue weighted by Gasteiger charge is 2.24. The molecule has 3 heteroatoms. The van der Waals surface area contributed by atoms with Gasteiger partial charge >= 0.3 is 0 Å². The van der Waals surface area contributed by atoms with Crippen molar-refractivity contribution in [1.29, 1.82) is 0 Å². The fraction of sp³-hybridized carbons (Fsp3) is 0.235. The lowest BCUT2D eigenvalue weighted by molar-refractivity contribution is -0.110. The van der Waals surface area contributed by atoms with Crippen LogP contribution in [0.2, 0.25) is 0 Å². The maximum atomic E-state index is 12.1. The Morgan fingerprint density at radius 3 is 2.90 bits per heavy atom. The monoisotopic (exact) mass is 265 g/mol. The maximum absolute atomic E-state index is 12.1. The van der Waals surface area contributed by atoms with E-state index in [1.165, 1.54) is 18.4 Å². The molecule has 1 aliphatic heterocycles. The lowest BCUT2D eigenvalue weighted by Gasteiger charge is -2.07. The summed E-state index contributed by atoms with van der Waals surface area (Å²) in [5, 5.41) is 2.88. The van der Waals surface area contributed by atoms with Crippen LogP contribution in [-0.4, -0.2) is 5.91 Å². The molecule has 3 nitrogen and oxygen atoms in total. The fourth-order valence-corrected chi connectivity index (χ4v) is 3.01. The van der Waals surface area contributed by atoms with Gasteiger partial charge in [-0.25, -0.2) is 0 Å². The van der Waals surface area contributed by atoms with E-state index in [-0.39, 0.29) is 5.91 Å². The number of furan rings is 1. The van der Waals surface area contributed by atoms with E-state index >= 15 is 0 Å². The zero-order valence-corrected chi connectivity index (χ0v) is 11.1. The molecule has 0 atom stereocenters. The first-order valence-electron chi connectivity index (χ1n) is 7.05. The van der Waals surface area contributed by atoms with Gasteiger partial charge in [0, 0.05) is 17.7 Å². The van der Waals surface area contributed by atoms with Crippen molar-refractivity contribution in [2.45, 2.75) is 25.7 Å². The molecule has 0 saturated heterocycles. The van der Waals surface area contributed by atoms with Gasteiger partial charge < -0.3 is 9.73 Å². The molecule has 2 heterocycles. The van der Waals surface area contributed by atoms with Crippen LogP contribution in [0.15, 0.2) is 34.7 Å². The lowest BCUT2D eigenvalue weighted by atomic mass is 9.98. The quantitative estimate of drug-likeness (QED) is 0.800. The number of anilines is 1. The molecular weight excluding hydrogens is 250 g/mol. The number of amides is 1. The topological polar surface area (TPSA) is 42.2 Å². The van der Waals surface area contributed by atoms with Crippen LogP contribution in [0, 0.1) is 0 Å². The average Bonchev–Trinajstić information content (AvgIpc) is 3.00. The third kappa shape index (κ3) is 1.78. The van der Waals surface area contributed by atoms with Crippen molar-refractivity contribution in [3.8, 4) is 0 Å². The summed E-state index contributed by atoms with van der Waals surface area (Å²) in [6, 6.07) is 9.83. The molecule has 0 spiro atoms. The molecule has 0 saturated carbocycles. The summed E-state index contributed by atoms with van der Waals surface area (Å²) < 4.78 is 5.87. The first-order chi connectivity index (χ1) is 9.81. The molecule has 100 valence electrons. The summed E-state index contributed by atoms with van der Waals surface area (Å²) in [7, 11) is 0. The van der Waals surface area contributed by atoms with E-state index in [4.69, 9.17) is 4.42 Å². The third-order valence-corrected chi connectivity index (χ3v) is 4.01. The van der Waals surface area contributed by atoms with Gasteiger partial charge in [0.05, 0.1) is 5.57 Å². The van der Waals surface area contributed by atoms with Gasteiger partial charge in [0.25, 0.3) is 5.91 Å². The third-order valence-electron chi connectivity index (χ3n) is 4.01. The van der Waals surface area contributed by atoms with Crippen molar-refractivity contribution in [1.82, 2.24) is 0 Å². The summed E-state index contributed by atoms with van der Waals surface area (Å²) in [4.78, 5) is 12.1. The Morgan fingerprint density at radius 1 is 1.15 bits per heavy atom. The maximum Gasteiger partial charge on any atom is 0.256 e. The SMILES string of the molecule is O=C1Nc2ccccc2C1=Cc1cc2c(o1)CCCC2. The number of para-hydroxylation sites is 1. The van der Waals surface area contributed by atoms with Gasteiger partial charge in [-0.2, -0.15) is 0 Å². The van der Waals surface area contributed by atoms with E-state index in [9.17, 15) is 4.79 Å². The summed E-state index contributed by atoms with van der Waals surface area (Å²) in [5.74, 6) is 1.83. The van der Waals surface area contributed by atoms with Crippen LogP contribution >= 0.6 is 0 Å². The van der Waals surface area contributed by atoms with Crippen molar-refractivity contribution >= 4 is 23.2 Å². The van der Waals surface area contributed by atoms with Gasteiger partial charge in [-0.3, -0.25) is 4.79 Å². The minimum atomic E-state index is -0.0550. The molecular formula is C17H15NO2. The van der Waals surface area contributed by atoms with Crippen molar-refractivity contribution < 1.29 is 9.21 Å². The summed E-state index contributed by atoms with van der Waals surface area (Å²) in [6.45, 7) is 0. The average molecular weight is 265 g/mol. The number of carbonyl (C=O) groups excluding carboxylic acids is 1. The van der Waals surface area contributed by atoms with E-state index in [0.717, 1.165) is 35.6 Å². The van der Waals surface area contributed by atoms with E-state index in [1.54, 1.807) is 0 Å². The standard InChI is InChI=1S/C17H15NO2/c19-17-14(13-6-2-3-7-15(13)18-17)10-12-9-11-5-1-4-8-16(11)20-12/h2-3,6-7,9-10H,1,4-5,8H2,(H,18,19). The first-order valence-corrected chi connectivity index (χ1v) is 7.05. The Balaban J connectivity index is 1.77. The van der Waals surface area contributed by atoms with Crippen molar-refractivity contribution in [2.75, 3.05) is 5.32 Å². The van der Waals surface area contributed by atoms with Crippen molar-refractivity contribution in [3.05, 3.63) is 53.0 Å². The van der Waals surface area contributed by atoms with Crippen LogP contribution in [0.3, 0.4) is 0 Å². The fourth-order valence-electron chi connectivity index (χ4n) is 3.01. The van der Waals surface area contributed by atoms with Gasteiger partial charge in [0.2, 0.25) is 0 Å². The highest BCUT2D eigenvalue weighted by molar-refractivity contribution is 6.34. The number of aryl methyl sites for hydroxylation is 2. The zero-order chi connectivity index (χ0) is 13.5. The van der Waals surface area contributed by atoms with Crippen LogP contribution in [0.4, 0.5) is 5.69 Å². The van der Waals surface area contributed by atoms with Gasteiger partial charge in [-0.15, -0.1) is 0 Å². The zero-order valence-electron chi connectivity index (χ0n) is 11.1. The molecule has 0 unspecified atom stereocenters. The number of carbonyl (C=O) groups is 1. The predicted molar refractivity (Wildman–Crippen MR) is 78.3 cm³/mol. The van der Waals surface area contributed by atoms with Gasteiger partial charge in [-0.1, -0.05) is 18.2 Å². The Kier molecular flexibility index (Phi) is 2.52. The minimum absolute atomic E-state index is 0.0550. The van der Waals surface area contributed by atoms with Gasteiger partial charge in [0.15, 0.2) is 0 Å². The molecule has 1 aromatic carbocycles. The number of fused-ring (bicyclic) bond motifs is 2. The Bertz CT molecular complexity index is 701. The molecule has 20 heavy (non-hydrogen) atoms. The number of nitrogens with one attached hydrogen (secondary N) is 1. The molecule has 0 bridgehead atoms. The summed E-state index contributed by atoms with van der Waals surface area (Å²) in [6.07, 6.45) is 6.39. The van der Waals surface area contributed by atoms with Crippen LogP contribution in [0.25, 0.3) is 11.6 Å². The molecule has 2 aliphatic rings. The van der Waals surface area contributed by atoms with E-state index < -0.39 is 0 Å². The Morgan fingerprint density at radius 2 is 2.00 bits per heavy atom. The van der Waals surface area contributed by atoms with Gasteiger partial charge in [-0.05, 0) is 43.0 Å². The van der Waals surface area contributed by atoms with Gasteiger partial charge in [0.1, 0.15) is 11.5 Å². The first kappa shape index (κ1) is 11.5. The smallest absolute Gasteiger partial charge is 0.256 e. The van der Waals surface area contributed by atoms with Crippen LogP contribution in [-0.2, 0) is 17.6 Å². The molecule has 0 radical (unpaired) electrons. The largest absolute Gasteiger partial charge is 0.461 e. The molecule has 1 amide bonds. The Hall–Kier alpha value is -2.29. The van der Waals surface area contributed by atoms with E-state index in [2.05, 4.69) is 11.4 Å². The second kappa shape index (κ2) is 4.37. The summed E-state index contributed by atoms with van der Waals surface area (Å²) >= 11 is 0. The number of benzene rings is 1.